The summed E-state index contributed by atoms with van der Waals surface area (Å²) in [5.41, 5.74) is 2.80. The maximum Gasteiger partial charge on any atom is 0.119 e. The molecule has 0 bridgehead atoms. The van der Waals surface area contributed by atoms with Crippen molar-refractivity contribution in [1.82, 2.24) is 0 Å². The van der Waals surface area contributed by atoms with Gasteiger partial charge in [-0.3, -0.25) is 0 Å². The van der Waals surface area contributed by atoms with Gasteiger partial charge in [0.1, 0.15) is 12.4 Å². The van der Waals surface area contributed by atoms with Crippen molar-refractivity contribution in [2.45, 2.75) is 13.5 Å². The van der Waals surface area contributed by atoms with Crippen molar-refractivity contribution in [3.8, 4) is 11.8 Å². The monoisotopic (exact) mass is 257 g/mol. The molecule has 0 saturated carbocycles. The third kappa shape index (κ3) is 3.03. The number of nitrogens with zero attached hydrogens (tertiary/aromatic N) is 1. The number of hydrogen-bond donors (Lipinski definition) is 0. The molecule has 0 heterocycles. The summed E-state index contributed by atoms with van der Waals surface area (Å²) in [7, 11) is 0. The van der Waals surface area contributed by atoms with E-state index in [0.29, 0.717) is 17.2 Å². The van der Waals surface area contributed by atoms with E-state index in [2.05, 4.69) is 6.07 Å². The van der Waals surface area contributed by atoms with Crippen LogP contribution in [0.2, 0.25) is 5.02 Å². The molecule has 2 nitrogen and oxygen atoms in total. The van der Waals surface area contributed by atoms with E-state index in [1.807, 2.05) is 31.2 Å². The van der Waals surface area contributed by atoms with Crippen LogP contribution in [0.5, 0.6) is 5.75 Å². The number of ether oxygens (including phenoxy) is 1. The minimum absolute atomic E-state index is 0.485. The van der Waals surface area contributed by atoms with Gasteiger partial charge in [0.2, 0.25) is 0 Å². The van der Waals surface area contributed by atoms with Gasteiger partial charge in [-0.2, -0.15) is 5.26 Å². The lowest BCUT2D eigenvalue weighted by Gasteiger charge is -2.09. The fraction of sp³-hybridized carbons (Fsp3) is 0.133. The Kier molecular flexibility index (Phi) is 3.86. The van der Waals surface area contributed by atoms with Crippen LogP contribution in [-0.4, -0.2) is 0 Å². The Labute approximate surface area is 111 Å². The number of rotatable bonds is 3. The van der Waals surface area contributed by atoms with Crippen molar-refractivity contribution < 1.29 is 4.74 Å². The molecule has 90 valence electrons. The highest BCUT2D eigenvalue weighted by atomic mass is 35.5. The van der Waals surface area contributed by atoms with Gasteiger partial charge in [0, 0.05) is 5.02 Å². The lowest BCUT2D eigenvalue weighted by atomic mass is 10.1. The van der Waals surface area contributed by atoms with Gasteiger partial charge in [0.25, 0.3) is 0 Å². The molecule has 3 heteroatoms. The molecule has 0 unspecified atom stereocenters. The zero-order valence-corrected chi connectivity index (χ0v) is 10.7. The second kappa shape index (κ2) is 5.57. The van der Waals surface area contributed by atoms with Crippen LogP contribution < -0.4 is 4.74 Å². The van der Waals surface area contributed by atoms with Gasteiger partial charge in [-0.15, -0.1) is 0 Å². The van der Waals surface area contributed by atoms with Crippen LogP contribution in [0.15, 0.2) is 42.5 Å². The Hall–Kier alpha value is -1.98. The Morgan fingerprint density at radius 1 is 1.17 bits per heavy atom. The van der Waals surface area contributed by atoms with Gasteiger partial charge in [-0.1, -0.05) is 17.7 Å². The zero-order valence-electron chi connectivity index (χ0n) is 9.98. The molecule has 0 N–H and O–H groups in total. The molecule has 0 amide bonds. The predicted molar refractivity (Wildman–Crippen MR) is 71.7 cm³/mol. The van der Waals surface area contributed by atoms with Crippen molar-refractivity contribution in [2.24, 2.45) is 0 Å². The van der Waals surface area contributed by atoms with Crippen molar-refractivity contribution >= 4 is 11.6 Å². The molecule has 18 heavy (non-hydrogen) atoms. The molecule has 0 aliphatic rings. The first kappa shape index (κ1) is 12.5. The number of aryl methyl sites for hydroxylation is 1. The molecular weight excluding hydrogens is 246 g/mol. The Balaban J connectivity index is 2.06. The van der Waals surface area contributed by atoms with Gasteiger partial charge in [-0.05, 0) is 54.4 Å². The Bertz CT molecular complexity index is 584. The highest BCUT2D eigenvalue weighted by molar-refractivity contribution is 6.30. The Morgan fingerprint density at radius 2 is 1.89 bits per heavy atom. The van der Waals surface area contributed by atoms with Crippen molar-refractivity contribution in [2.75, 3.05) is 0 Å². The highest BCUT2D eigenvalue weighted by Crippen LogP contribution is 2.18. The van der Waals surface area contributed by atoms with Gasteiger partial charge < -0.3 is 4.74 Å². The Morgan fingerprint density at radius 3 is 2.50 bits per heavy atom. The second-order valence-electron chi connectivity index (χ2n) is 4.00. The molecule has 0 fully saturated rings. The van der Waals surface area contributed by atoms with E-state index in [-0.39, 0.29) is 0 Å². The topological polar surface area (TPSA) is 33.0 Å². The van der Waals surface area contributed by atoms with E-state index in [9.17, 15) is 0 Å². The quantitative estimate of drug-likeness (QED) is 0.829. The molecule has 0 atom stereocenters. The number of nitriles is 1. The van der Waals surface area contributed by atoms with E-state index in [4.69, 9.17) is 21.6 Å². The van der Waals surface area contributed by atoms with E-state index >= 15 is 0 Å². The standard InChI is InChI=1S/C15H12ClNO/c1-11-8-12(9-17)2-3-13(11)10-18-15-6-4-14(16)5-7-15/h2-8H,10H2,1H3. The average molecular weight is 258 g/mol. The van der Waals surface area contributed by atoms with Crippen LogP contribution in [0.25, 0.3) is 0 Å². The van der Waals surface area contributed by atoms with Crippen molar-refractivity contribution in [1.29, 1.82) is 5.26 Å². The summed E-state index contributed by atoms with van der Waals surface area (Å²) in [5, 5.41) is 9.48. The largest absolute Gasteiger partial charge is 0.489 e. The number of hydrogen-bond acceptors (Lipinski definition) is 2. The first-order valence-corrected chi connectivity index (χ1v) is 5.95. The van der Waals surface area contributed by atoms with Crippen LogP contribution in [0.4, 0.5) is 0 Å². The first-order valence-electron chi connectivity index (χ1n) is 5.57. The molecule has 0 saturated heterocycles. The van der Waals surface area contributed by atoms with E-state index in [1.54, 1.807) is 18.2 Å². The molecule has 0 radical (unpaired) electrons. The smallest absolute Gasteiger partial charge is 0.119 e. The average Bonchev–Trinajstić information content (AvgIpc) is 2.39. The van der Waals surface area contributed by atoms with Crippen LogP contribution in [0.3, 0.4) is 0 Å². The summed E-state index contributed by atoms with van der Waals surface area (Å²) >= 11 is 5.80. The van der Waals surface area contributed by atoms with Gasteiger partial charge in [0.15, 0.2) is 0 Å². The van der Waals surface area contributed by atoms with E-state index < -0.39 is 0 Å². The maximum absolute atomic E-state index is 8.79. The minimum atomic E-state index is 0.485. The van der Waals surface area contributed by atoms with Crippen molar-refractivity contribution in [3.05, 3.63) is 64.2 Å². The molecule has 0 spiro atoms. The molecular formula is C15H12ClNO. The zero-order chi connectivity index (χ0) is 13.0. The minimum Gasteiger partial charge on any atom is -0.489 e. The third-order valence-electron chi connectivity index (χ3n) is 2.68. The predicted octanol–water partition coefficient (Wildman–Crippen LogP) is 4.10. The van der Waals surface area contributed by atoms with E-state index in [1.165, 1.54) is 0 Å². The van der Waals surface area contributed by atoms with Crippen LogP contribution in [0, 0.1) is 18.3 Å². The van der Waals surface area contributed by atoms with Crippen LogP contribution in [-0.2, 0) is 6.61 Å². The lowest BCUT2D eigenvalue weighted by Crippen LogP contribution is -1.98. The molecule has 2 aromatic carbocycles. The second-order valence-corrected chi connectivity index (χ2v) is 4.43. The first-order chi connectivity index (χ1) is 8.69. The normalized spacial score (nSPS) is 9.83. The fourth-order valence-corrected chi connectivity index (χ4v) is 1.75. The van der Waals surface area contributed by atoms with Gasteiger partial charge in [-0.25, -0.2) is 0 Å². The molecule has 0 aromatic heterocycles. The summed E-state index contributed by atoms with van der Waals surface area (Å²) in [6.45, 7) is 2.46. The van der Waals surface area contributed by atoms with E-state index in [0.717, 1.165) is 16.9 Å². The van der Waals surface area contributed by atoms with Gasteiger partial charge in [0.05, 0.1) is 11.6 Å². The molecule has 2 aromatic rings. The lowest BCUT2D eigenvalue weighted by molar-refractivity contribution is 0.305. The van der Waals surface area contributed by atoms with Crippen molar-refractivity contribution in [3.63, 3.8) is 0 Å². The molecule has 2 rings (SSSR count). The van der Waals surface area contributed by atoms with Crippen LogP contribution in [0.1, 0.15) is 16.7 Å². The fourth-order valence-electron chi connectivity index (χ4n) is 1.62. The summed E-state index contributed by atoms with van der Waals surface area (Å²) in [6.07, 6.45) is 0. The summed E-state index contributed by atoms with van der Waals surface area (Å²) < 4.78 is 5.66. The highest BCUT2D eigenvalue weighted by Gasteiger charge is 2.01. The summed E-state index contributed by atoms with van der Waals surface area (Å²) in [6, 6.07) is 15.0. The maximum atomic E-state index is 8.79. The number of benzene rings is 2. The number of halogens is 1. The third-order valence-corrected chi connectivity index (χ3v) is 2.93. The summed E-state index contributed by atoms with van der Waals surface area (Å²) in [5.74, 6) is 0.781. The molecule has 0 aliphatic carbocycles. The van der Waals surface area contributed by atoms with Crippen LogP contribution >= 0.6 is 11.6 Å². The molecule has 0 aliphatic heterocycles. The van der Waals surface area contributed by atoms with Gasteiger partial charge >= 0.3 is 0 Å². The summed E-state index contributed by atoms with van der Waals surface area (Å²) in [4.78, 5) is 0. The SMILES string of the molecule is Cc1cc(C#N)ccc1COc1ccc(Cl)cc1.